The molecule has 4 N–H and O–H groups in total. The Balaban J connectivity index is 1.72. The molecule has 2 aromatic rings. The lowest BCUT2D eigenvalue weighted by Gasteiger charge is -2.39. The molecule has 0 spiro atoms. The van der Waals surface area contributed by atoms with E-state index in [0.717, 1.165) is 33.5 Å². The van der Waals surface area contributed by atoms with Crippen LogP contribution in [0.5, 0.6) is 0 Å². The number of aryl methyl sites for hydroxylation is 1. The zero-order chi connectivity index (χ0) is 42.3. The number of hydrogen-bond donors (Lipinski definition) is 4. The summed E-state index contributed by atoms with van der Waals surface area (Å²) >= 11 is 0. The molecule has 5 amide bonds. The van der Waals surface area contributed by atoms with Crippen molar-refractivity contribution in [2.45, 2.75) is 111 Å². The Morgan fingerprint density at radius 1 is 0.929 bits per heavy atom. The SMILES string of the molecule is CN[C@H](C(=O)N[C@H](C(=O)N(C)[C@H](/C=C(\C)C(=O)N[C@@H](CCC(=O)CCCN1C(=O)C=CC1=O)C(=O)O)C(C)C)C(C)(C)C)C(C)(C)c1cn(C)c2ccccc12. The summed E-state index contributed by atoms with van der Waals surface area (Å²) in [4.78, 5) is 92.3. The Hall–Kier alpha value is -5.11. The van der Waals surface area contributed by atoms with Gasteiger partial charge in [-0.05, 0) is 49.8 Å². The number of aliphatic carboxylic acids is 1. The lowest BCUT2D eigenvalue weighted by atomic mass is 9.76. The number of likely N-dealkylation sites (N-methyl/N-ethyl adjacent to an activating group) is 2. The van der Waals surface area contributed by atoms with Crippen molar-refractivity contribution >= 4 is 52.2 Å². The van der Waals surface area contributed by atoms with Gasteiger partial charge in [0.05, 0.1) is 12.1 Å². The average Bonchev–Trinajstić information content (AvgIpc) is 3.63. The van der Waals surface area contributed by atoms with Crippen LogP contribution in [0.3, 0.4) is 0 Å². The van der Waals surface area contributed by atoms with E-state index in [1.165, 1.54) is 11.8 Å². The van der Waals surface area contributed by atoms with E-state index in [2.05, 4.69) is 16.0 Å². The third kappa shape index (κ3) is 10.8. The summed E-state index contributed by atoms with van der Waals surface area (Å²) in [6, 6.07) is 4.40. The van der Waals surface area contributed by atoms with E-state index in [4.69, 9.17) is 0 Å². The molecule has 0 saturated heterocycles. The molecule has 1 aromatic carbocycles. The van der Waals surface area contributed by atoms with Crippen LogP contribution in [-0.4, -0.2) is 106 Å². The number of aromatic nitrogens is 1. The molecule has 1 aromatic heterocycles. The van der Waals surface area contributed by atoms with Gasteiger partial charge in [-0.15, -0.1) is 0 Å². The van der Waals surface area contributed by atoms with Gasteiger partial charge in [0.15, 0.2) is 0 Å². The number of carbonyl (C=O) groups excluding carboxylic acids is 6. The maximum Gasteiger partial charge on any atom is 0.326 e. The molecule has 1 aliphatic heterocycles. The molecule has 0 radical (unpaired) electrons. The fourth-order valence-electron chi connectivity index (χ4n) is 7.18. The quantitative estimate of drug-likeness (QED) is 0.122. The number of benzene rings is 1. The molecular weight excluding hydrogens is 716 g/mol. The summed E-state index contributed by atoms with van der Waals surface area (Å²) in [6.07, 6.45) is 5.98. The van der Waals surface area contributed by atoms with Crippen LogP contribution < -0.4 is 16.0 Å². The second kappa shape index (κ2) is 18.7. The van der Waals surface area contributed by atoms with Gasteiger partial charge < -0.3 is 30.5 Å². The van der Waals surface area contributed by atoms with Gasteiger partial charge in [0.1, 0.15) is 17.9 Å². The third-order valence-electron chi connectivity index (χ3n) is 10.6. The standard InChI is InChI=1S/C42H60N6O8/c1-25(2)32(23-26(3)37(52)44-30(40(55)56)19-18-27(49)15-14-22-48-33(50)20-21-34(48)51)47(11)39(54)36(41(4,5)6)45-38(53)35(43-9)42(7,8)29-24-46(10)31-17-13-12-16-28(29)31/h12-13,16-17,20-21,23-25,30,32,35-36,43H,14-15,18-19,22H2,1-11H3,(H,44,52)(H,45,53)(H,55,56)/b26-23+/t30-,32+,35+,36+/m0/s1. The second-order valence-electron chi connectivity index (χ2n) is 16.7. The first-order valence-corrected chi connectivity index (χ1v) is 19.1. The molecule has 4 atom stereocenters. The van der Waals surface area contributed by atoms with Crippen LogP contribution >= 0.6 is 0 Å². The first-order valence-electron chi connectivity index (χ1n) is 19.1. The molecule has 0 fully saturated rings. The number of carboxylic acid groups (broad SMARTS) is 1. The monoisotopic (exact) mass is 776 g/mol. The van der Waals surface area contributed by atoms with E-state index in [1.807, 2.05) is 90.5 Å². The third-order valence-corrected chi connectivity index (χ3v) is 10.6. The van der Waals surface area contributed by atoms with Gasteiger partial charge in [-0.3, -0.25) is 33.7 Å². The Kier molecular flexibility index (Phi) is 15.1. The van der Waals surface area contributed by atoms with Crippen LogP contribution in [0.15, 0.2) is 54.3 Å². The van der Waals surface area contributed by atoms with E-state index in [9.17, 15) is 38.7 Å². The molecule has 0 unspecified atom stereocenters. The van der Waals surface area contributed by atoms with Crippen molar-refractivity contribution in [3.63, 3.8) is 0 Å². The summed E-state index contributed by atoms with van der Waals surface area (Å²) in [5.74, 6) is -3.98. The largest absolute Gasteiger partial charge is 0.480 e. The van der Waals surface area contributed by atoms with E-state index < -0.39 is 58.7 Å². The number of nitrogens with zero attached hydrogens (tertiary/aromatic N) is 3. The number of ketones is 1. The Bertz CT molecular complexity index is 1870. The molecule has 306 valence electrons. The molecule has 14 heteroatoms. The zero-order valence-corrected chi connectivity index (χ0v) is 34.7. The Morgan fingerprint density at radius 3 is 2.09 bits per heavy atom. The summed E-state index contributed by atoms with van der Waals surface area (Å²) in [7, 11) is 5.31. The highest BCUT2D eigenvalue weighted by molar-refractivity contribution is 6.12. The number of nitrogens with one attached hydrogen (secondary N) is 3. The average molecular weight is 777 g/mol. The van der Waals surface area contributed by atoms with Crippen LogP contribution in [0, 0.1) is 11.3 Å². The van der Waals surface area contributed by atoms with Gasteiger partial charge in [0.25, 0.3) is 11.8 Å². The number of imide groups is 1. The minimum absolute atomic E-state index is 0.0420. The van der Waals surface area contributed by atoms with Crippen molar-refractivity contribution in [2.24, 2.45) is 18.4 Å². The molecule has 56 heavy (non-hydrogen) atoms. The summed E-state index contributed by atoms with van der Waals surface area (Å²) in [5, 5.41) is 19.6. The predicted octanol–water partition coefficient (Wildman–Crippen LogP) is 3.63. The van der Waals surface area contributed by atoms with Crippen LogP contribution in [0.1, 0.15) is 86.6 Å². The molecule has 2 heterocycles. The number of Topliss-reactive ketones (excluding diaryl/α,β-unsaturated/α-hetero) is 1. The molecule has 0 bridgehead atoms. The topological polar surface area (TPSA) is 187 Å². The molecule has 14 nitrogen and oxygen atoms in total. The van der Waals surface area contributed by atoms with Gasteiger partial charge >= 0.3 is 5.97 Å². The highest BCUT2D eigenvalue weighted by Crippen LogP contribution is 2.35. The van der Waals surface area contributed by atoms with Crippen molar-refractivity contribution < 1.29 is 38.7 Å². The van der Waals surface area contributed by atoms with Gasteiger partial charge in [0.2, 0.25) is 17.7 Å². The first-order chi connectivity index (χ1) is 26.0. The number of carbonyl (C=O) groups is 7. The van der Waals surface area contributed by atoms with Gasteiger partial charge in [-0.25, -0.2) is 4.79 Å². The normalized spacial score (nSPS) is 15.9. The number of amides is 5. The summed E-state index contributed by atoms with van der Waals surface area (Å²) in [6.45, 7) is 15.0. The fourth-order valence-corrected chi connectivity index (χ4v) is 7.18. The van der Waals surface area contributed by atoms with Crippen molar-refractivity contribution in [2.75, 3.05) is 20.6 Å². The van der Waals surface area contributed by atoms with E-state index in [0.29, 0.717) is 0 Å². The van der Waals surface area contributed by atoms with Gasteiger partial charge in [-0.2, -0.15) is 0 Å². The lowest BCUT2D eigenvalue weighted by Crippen LogP contribution is -2.61. The number of fused-ring (bicyclic) bond motifs is 1. The zero-order valence-electron chi connectivity index (χ0n) is 34.7. The summed E-state index contributed by atoms with van der Waals surface area (Å²) in [5.41, 5.74) is 0.823. The smallest absolute Gasteiger partial charge is 0.326 e. The maximum absolute atomic E-state index is 14.3. The highest BCUT2D eigenvalue weighted by atomic mass is 16.4. The number of para-hydroxylation sites is 1. The number of rotatable bonds is 19. The fraction of sp³-hybridized carbons (Fsp3) is 0.548. The lowest BCUT2D eigenvalue weighted by molar-refractivity contribution is -0.142. The number of hydrogen-bond acceptors (Lipinski definition) is 8. The van der Waals surface area contributed by atoms with E-state index >= 15 is 0 Å². The molecule has 3 rings (SSSR count). The van der Waals surface area contributed by atoms with Crippen LogP contribution in [0.4, 0.5) is 0 Å². The van der Waals surface area contributed by atoms with Crippen LogP contribution in [-0.2, 0) is 46.0 Å². The Labute approximate surface area is 330 Å². The van der Waals surface area contributed by atoms with Gasteiger partial charge in [0, 0.05) is 73.7 Å². The Morgan fingerprint density at radius 2 is 1.54 bits per heavy atom. The van der Waals surface area contributed by atoms with Crippen molar-refractivity contribution in [1.82, 2.24) is 30.3 Å². The maximum atomic E-state index is 14.3. The predicted molar refractivity (Wildman–Crippen MR) is 214 cm³/mol. The van der Waals surface area contributed by atoms with Crippen LogP contribution in [0.2, 0.25) is 0 Å². The highest BCUT2D eigenvalue weighted by Gasteiger charge is 2.42. The minimum Gasteiger partial charge on any atom is -0.480 e. The minimum atomic E-state index is -1.35. The molecule has 0 saturated carbocycles. The van der Waals surface area contributed by atoms with Crippen molar-refractivity contribution in [3.8, 4) is 0 Å². The first kappa shape index (κ1) is 45.3. The number of carboxylic acids is 1. The summed E-state index contributed by atoms with van der Waals surface area (Å²) < 4.78 is 2.03. The van der Waals surface area contributed by atoms with E-state index in [-0.39, 0.29) is 61.3 Å². The van der Waals surface area contributed by atoms with Gasteiger partial charge in [-0.1, -0.05) is 72.7 Å². The molecular formula is C42H60N6O8. The van der Waals surface area contributed by atoms with Crippen molar-refractivity contribution in [3.05, 3.63) is 59.8 Å². The molecule has 0 aliphatic carbocycles. The van der Waals surface area contributed by atoms with Crippen molar-refractivity contribution in [1.29, 1.82) is 0 Å². The van der Waals surface area contributed by atoms with Crippen LogP contribution in [0.25, 0.3) is 10.9 Å². The second-order valence-corrected chi connectivity index (χ2v) is 16.7. The van der Waals surface area contributed by atoms with E-state index in [1.54, 1.807) is 20.2 Å². The molecule has 1 aliphatic rings.